The topological polar surface area (TPSA) is 57.4 Å². The Balaban J connectivity index is 0.000000386. The minimum absolute atomic E-state index is 0. The summed E-state index contributed by atoms with van der Waals surface area (Å²) in [6.07, 6.45) is 8.09. The molecule has 0 saturated carbocycles. The van der Waals surface area contributed by atoms with Gasteiger partial charge >= 0.3 is 7.25 Å². The largest absolute Gasteiger partial charge is 0.673 e. The summed E-state index contributed by atoms with van der Waals surface area (Å²) in [6.45, 7) is 0. The summed E-state index contributed by atoms with van der Waals surface area (Å²) < 4.78 is 39.0. The summed E-state index contributed by atoms with van der Waals surface area (Å²) in [7, 11) is -6.00. The first-order valence-electron chi connectivity index (χ1n) is 8.72. The van der Waals surface area contributed by atoms with Gasteiger partial charge in [-0.25, -0.2) is 9.97 Å². The second kappa shape index (κ2) is 8.74. The van der Waals surface area contributed by atoms with Crippen molar-refractivity contribution in [3.8, 4) is 0 Å². The van der Waals surface area contributed by atoms with Crippen molar-refractivity contribution in [3.63, 3.8) is 0 Å². The summed E-state index contributed by atoms with van der Waals surface area (Å²) in [5.41, 5.74) is 7.86. The number of rotatable bonds is 0. The van der Waals surface area contributed by atoms with Gasteiger partial charge in [0, 0.05) is 22.1 Å². The quantitative estimate of drug-likeness (QED) is 0.276. The highest BCUT2D eigenvalue weighted by Gasteiger charge is 2.20. The van der Waals surface area contributed by atoms with Crippen LogP contribution in [-0.4, -0.2) is 44.6 Å². The molecule has 3 aromatic rings. The molecule has 10 heteroatoms. The number of H-pyrrole nitrogens is 2. The van der Waals surface area contributed by atoms with Gasteiger partial charge in [-0.2, -0.15) is 0 Å². The highest BCUT2D eigenvalue weighted by molar-refractivity contribution is 6.50. The summed E-state index contributed by atoms with van der Waals surface area (Å²) in [5, 5.41) is 0. The predicted molar refractivity (Wildman–Crippen MR) is 119 cm³/mol. The van der Waals surface area contributed by atoms with E-state index in [-0.39, 0.29) is 17.4 Å². The average Bonchev–Trinajstić information content (AvgIpc) is 3.38. The number of fused-ring (bicyclic) bond motifs is 8. The van der Waals surface area contributed by atoms with Gasteiger partial charge in [-0.15, -0.1) is 0 Å². The summed E-state index contributed by atoms with van der Waals surface area (Å²) in [4.78, 5) is 16.0. The molecule has 8 bridgehead atoms. The normalized spacial score (nSPS) is 12.1. The van der Waals surface area contributed by atoms with Gasteiger partial charge in [-0.05, 0) is 72.8 Å². The Morgan fingerprint density at radius 1 is 0.533 bits per heavy atom. The first-order valence-corrected chi connectivity index (χ1v) is 8.72. The summed E-state index contributed by atoms with van der Waals surface area (Å²) in [6, 6.07) is 16.4. The van der Waals surface area contributed by atoms with Crippen LogP contribution in [0.1, 0.15) is 22.8 Å². The van der Waals surface area contributed by atoms with Gasteiger partial charge < -0.3 is 27.2 Å². The average molecular weight is 427 g/mol. The van der Waals surface area contributed by atoms with Crippen LogP contribution >= 0.6 is 0 Å². The minimum Gasteiger partial charge on any atom is -0.418 e. The molecule has 0 aromatic carbocycles. The summed E-state index contributed by atoms with van der Waals surface area (Å²) >= 11 is 0. The van der Waals surface area contributed by atoms with Gasteiger partial charge in [0.05, 0.1) is 22.8 Å². The fraction of sp³-hybridized carbons (Fsp3) is 0. The molecular formula is C20H17AlBF4N4-. The van der Waals surface area contributed by atoms with Crippen LogP contribution in [0.3, 0.4) is 0 Å². The van der Waals surface area contributed by atoms with Crippen molar-refractivity contribution >= 4 is 71.0 Å². The molecule has 2 aliphatic rings. The van der Waals surface area contributed by atoms with Crippen molar-refractivity contribution in [2.45, 2.75) is 0 Å². The maximum Gasteiger partial charge on any atom is 0.673 e. The SMILES string of the molecule is C1=Cc2cc3ccc(cc4nc(cc5ccc(cc1n2)[nH]5)C=C4)[nH]3.F[B-](F)(F)F.[AlH3]. The molecule has 0 saturated heterocycles. The lowest BCUT2D eigenvalue weighted by Crippen LogP contribution is -2.02. The van der Waals surface area contributed by atoms with E-state index in [1.807, 2.05) is 48.6 Å². The molecule has 30 heavy (non-hydrogen) atoms. The van der Waals surface area contributed by atoms with Gasteiger partial charge in [0.15, 0.2) is 17.4 Å². The number of hydrogen-bond acceptors (Lipinski definition) is 2. The van der Waals surface area contributed by atoms with E-state index in [9.17, 15) is 17.3 Å². The Morgan fingerprint density at radius 2 is 0.767 bits per heavy atom. The van der Waals surface area contributed by atoms with Crippen molar-refractivity contribution in [1.82, 2.24) is 19.9 Å². The molecule has 0 amide bonds. The number of aromatic nitrogens is 4. The third-order valence-corrected chi connectivity index (χ3v) is 4.04. The smallest absolute Gasteiger partial charge is 0.418 e. The number of nitrogens with one attached hydrogen (secondary N) is 2. The van der Waals surface area contributed by atoms with E-state index in [4.69, 9.17) is 0 Å². The van der Waals surface area contributed by atoms with E-state index in [1.54, 1.807) is 0 Å². The fourth-order valence-electron chi connectivity index (χ4n) is 2.94. The zero-order valence-electron chi connectivity index (χ0n) is 14.9. The van der Waals surface area contributed by atoms with Crippen LogP contribution in [0.5, 0.6) is 0 Å². The van der Waals surface area contributed by atoms with Crippen molar-refractivity contribution in [2.75, 3.05) is 0 Å². The standard InChI is InChI=1S/C20H14N4.Al.BF4.3H/c1-2-14-10-16-5-6-18(23-16)12-20-8-7-19(24-20)11-17-4-3-15(22-17)9-13(1)21-14;;2-1(3,4)5;;;/h1-12,21,24H;;;;;/q;;-1;;;. The van der Waals surface area contributed by atoms with Gasteiger partial charge in [-0.3, -0.25) is 0 Å². The Kier molecular flexibility index (Phi) is 6.30. The minimum atomic E-state index is -6.00. The molecule has 0 atom stereocenters. The van der Waals surface area contributed by atoms with E-state index in [2.05, 4.69) is 44.2 Å². The van der Waals surface area contributed by atoms with Crippen LogP contribution < -0.4 is 0 Å². The predicted octanol–water partition coefficient (Wildman–Crippen LogP) is 4.77. The van der Waals surface area contributed by atoms with Crippen LogP contribution in [0.25, 0.3) is 46.4 Å². The number of nitrogens with zero attached hydrogens (tertiary/aromatic N) is 2. The molecule has 2 N–H and O–H groups in total. The van der Waals surface area contributed by atoms with Gasteiger partial charge in [0.2, 0.25) is 0 Å². The molecule has 2 aliphatic heterocycles. The third-order valence-electron chi connectivity index (χ3n) is 4.04. The van der Waals surface area contributed by atoms with Gasteiger partial charge in [-0.1, -0.05) is 0 Å². The maximum absolute atomic E-state index is 9.75. The van der Waals surface area contributed by atoms with Crippen molar-refractivity contribution in [1.29, 1.82) is 0 Å². The first-order chi connectivity index (χ1) is 13.8. The number of hydrogen-bond donors (Lipinski definition) is 2. The van der Waals surface area contributed by atoms with E-state index in [0.29, 0.717) is 0 Å². The molecule has 0 spiro atoms. The molecule has 0 radical (unpaired) electrons. The van der Waals surface area contributed by atoms with Crippen LogP contribution in [0.4, 0.5) is 17.3 Å². The molecule has 152 valence electrons. The maximum atomic E-state index is 9.75. The molecule has 4 nitrogen and oxygen atoms in total. The molecule has 3 aromatic heterocycles. The highest BCUT2D eigenvalue weighted by atomic mass is 27.0. The second-order valence-corrected chi connectivity index (χ2v) is 6.40. The Hall–Kier alpha value is -3.08. The van der Waals surface area contributed by atoms with Crippen LogP contribution in [0.15, 0.2) is 48.5 Å². The molecule has 0 fully saturated rings. The van der Waals surface area contributed by atoms with Crippen molar-refractivity contribution in [3.05, 3.63) is 71.3 Å². The monoisotopic (exact) mass is 427 g/mol. The number of aromatic amines is 2. The fourth-order valence-corrected chi connectivity index (χ4v) is 2.94. The van der Waals surface area contributed by atoms with E-state index < -0.39 is 7.25 Å². The zero-order valence-corrected chi connectivity index (χ0v) is 14.9. The van der Waals surface area contributed by atoms with Crippen LogP contribution in [0.2, 0.25) is 0 Å². The van der Waals surface area contributed by atoms with Crippen LogP contribution in [0, 0.1) is 0 Å². The highest BCUT2D eigenvalue weighted by Crippen LogP contribution is 2.17. The lowest BCUT2D eigenvalue weighted by molar-refractivity contribution is 0.368. The van der Waals surface area contributed by atoms with E-state index >= 15 is 0 Å². The van der Waals surface area contributed by atoms with Crippen molar-refractivity contribution < 1.29 is 17.3 Å². The second-order valence-electron chi connectivity index (χ2n) is 6.40. The lowest BCUT2D eigenvalue weighted by Gasteiger charge is -1.94. The number of halogens is 4. The third kappa shape index (κ3) is 5.96. The Labute approximate surface area is 179 Å². The summed E-state index contributed by atoms with van der Waals surface area (Å²) in [5.74, 6) is 0. The lowest BCUT2D eigenvalue weighted by atomic mass is 10.3. The van der Waals surface area contributed by atoms with E-state index in [1.165, 1.54) is 0 Å². The molecule has 0 unspecified atom stereocenters. The molecule has 0 aliphatic carbocycles. The van der Waals surface area contributed by atoms with E-state index in [0.717, 1.165) is 44.8 Å². The Bertz CT molecular complexity index is 1090. The van der Waals surface area contributed by atoms with Gasteiger partial charge in [0.25, 0.3) is 0 Å². The Morgan fingerprint density at radius 3 is 1.00 bits per heavy atom. The van der Waals surface area contributed by atoms with Crippen LogP contribution in [-0.2, 0) is 0 Å². The first kappa shape index (κ1) is 21.6. The molecular weight excluding hydrogens is 410 g/mol. The van der Waals surface area contributed by atoms with Gasteiger partial charge in [0.1, 0.15) is 0 Å². The zero-order chi connectivity index (χ0) is 20.4. The molecule has 5 rings (SSSR count). The molecule has 5 heterocycles. The van der Waals surface area contributed by atoms with Crippen molar-refractivity contribution in [2.24, 2.45) is 0 Å².